The molecule has 1 aromatic carbocycles. The third kappa shape index (κ3) is 4.85. The number of carbonyl (C=O) groups excluding carboxylic acids is 2. The van der Waals surface area contributed by atoms with Gasteiger partial charge in [0.1, 0.15) is 11.6 Å². The molecule has 0 unspecified atom stereocenters. The lowest BCUT2D eigenvalue weighted by atomic mass is 9.87. The van der Waals surface area contributed by atoms with Gasteiger partial charge in [-0.3, -0.25) is 14.4 Å². The number of rotatable bonds is 6. The van der Waals surface area contributed by atoms with Crippen molar-refractivity contribution in [1.29, 1.82) is 5.26 Å². The highest BCUT2D eigenvalue weighted by atomic mass is 16.5. The Morgan fingerprint density at radius 2 is 2.03 bits per heavy atom. The zero-order valence-corrected chi connectivity index (χ0v) is 18.2. The van der Waals surface area contributed by atoms with Crippen molar-refractivity contribution >= 4 is 11.9 Å². The van der Waals surface area contributed by atoms with Gasteiger partial charge in [0.25, 0.3) is 11.5 Å². The summed E-state index contributed by atoms with van der Waals surface area (Å²) in [7, 11) is 1.75. The van der Waals surface area contributed by atoms with E-state index in [2.05, 4.69) is 17.1 Å². The number of benzene rings is 1. The molecule has 162 valence electrons. The number of hydrogen-bond donors (Lipinski definition) is 1. The SMILES string of the molecule is Cc1[nH]c(=O)c(C#N)c(C)c1CCC(=O)OCC(=O)N(C)[C@@H]1CCCc2ccccc21. The van der Waals surface area contributed by atoms with Gasteiger partial charge in [0.15, 0.2) is 6.61 Å². The number of aromatic nitrogens is 1. The second kappa shape index (κ2) is 9.61. The second-order valence-corrected chi connectivity index (χ2v) is 7.94. The van der Waals surface area contributed by atoms with E-state index in [0.717, 1.165) is 30.4 Å². The van der Waals surface area contributed by atoms with Crippen LogP contribution in [0.3, 0.4) is 0 Å². The fourth-order valence-electron chi connectivity index (χ4n) is 4.27. The number of hydrogen-bond acceptors (Lipinski definition) is 5. The summed E-state index contributed by atoms with van der Waals surface area (Å²) in [5.41, 5.74) is 3.99. The Balaban J connectivity index is 1.57. The smallest absolute Gasteiger partial charge is 0.306 e. The summed E-state index contributed by atoms with van der Waals surface area (Å²) in [5.74, 6) is -0.729. The lowest BCUT2D eigenvalue weighted by Crippen LogP contribution is -2.36. The maximum Gasteiger partial charge on any atom is 0.306 e. The summed E-state index contributed by atoms with van der Waals surface area (Å²) in [6, 6.07) is 10.0. The highest BCUT2D eigenvalue weighted by Crippen LogP contribution is 2.33. The Kier molecular flexibility index (Phi) is 6.91. The zero-order valence-electron chi connectivity index (χ0n) is 18.2. The van der Waals surface area contributed by atoms with Crippen molar-refractivity contribution in [3.05, 3.63) is 68.1 Å². The van der Waals surface area contributed by atoms with Gasteiger partial charge in [0.05, 0.1) is 6.04 Å². The normalized spacial score (nSPS) is 15.0. The number of amides is 1. The molecule has 0 spiro atoms. The molecule has 0 saturated heterocycles. The van der Waals surface area contributed by atoms with Crippen molar-refractivity contribution in [1.82, 2.24) is 9.88 Å². The largest absolute Gasteiger partial charge is 0.456 e. The van der Waals surface area contributed by atoms with Crippen LogP contribution in [0.15, 0.2) is 29.1 Å². The van der Waals surface area contributed by atoms with Gasteiger partial charge in [0, 0.05) is 19.2 Å². The minimum absolute atomic E-state index is 0.00741. The summed E-state index contributed by atoms with van der Waals surface area (Å²) < 4.78 is 5.22. The molecule has 0 aliphatic heterocycles. The van der Waals surface area contributed by atoms with Crippen molar-refractivity contribution in [3.63, 3.8) is 0 Å². The average molecular weight is 421 g/mol. The number of nitrogens with one attached hydrogen (secondary N) is 1. The topological polar surface area (TPSA) is 103 Å². The first-order valence-electron chi connectivity index (χ1n) is 10.4. The number of esters is 1. The third-order valence-electron chi connectivity index (χ3n) is 6.05. The number of pyridine rings is 1. The van der Waals surface area contributed by atoms with Crippen molar-refractivity contribution in [2.75, 3.05) is 13.7 Å². The van der Waals surface area contributed by atoms with Gasteiger partial charge < -0.3 is 14.6 Å². The number of fused-ring (bicyclic) bond motifs is 1. The van der Waals surface area contributed by atoms with Crippen LogP contribution >= 0.6 is 0 Å². The molecule has 7 heteroatoms. The van der Waals surface area contributed by atoms with Crippen LogP contribution in [0.25, 0.3) is 0 Å². The van der Waals surface area contributed by atoms with Crippen LogP contribution in [0.1, 0.15) is 58.8 Å². The number of aromatic amines is 1. The molecule has 0 fully saturated rings. The molecule has 1 N–H and O–H groups in total. The van der Waals surface area contributed by atoms with E-state index >= 15 is 0 Å². The van der Waals surface area contributed by atoms with Gasteiger partial charge in [-0.1, -0.05) is 24.3 Å². The Morgan fingerprint density at radius 3 is 2.77 bits per heavy atom. The highest BCUT2D eigenvalue weighted by molar-refractivity contribution is 5.81. The fraction of sp³-hybridized carbons (Fsp3) is 0.417. The maximum atomic E-state index is 12.6. The van der Waals surface area contributed by atoms with Crippen molar-refractivity contribution in [2.24, 2.45) is 0 Å². The van der Waals surface area contributed by atoms with E-state index in [1.54, 1.807) is 25.8 Å². The Bertz CT molecular complexity index is 1100. The Hall–Kier alpha value is -3.40. The first-order valence-corrected chi connectivity index (χ1v) is 10.4. The predicted octanol–water partition coefficient (Wildman–Crippen LogP) is 2.88. The van der Waals surface area contributed by atoms with Crippen LogP contribution in [-0.2, 0) is 27.2 Å². The number of ether oxygens (including phenoxy) is 1. The summed E-state index contributed by atoms with van der Waals surface area (Å²) in [5, 5.41) is 9.15. The molecule has 1 aromatic heterocycles. The zero-order chi connectivity index (χ0) is 22.5. The number of carbonyl (C=O) groups is 2. The van der Waals surface area contributed by atoms with Crippen LogP contribution in [0, 0.1) is 25.2 Å². The van der Waals surface area contributed by atoms with Gasteiger partial charge in [-0.05, 0) is 61.8 Å². The molecular formula is C24H27N3O4. The molecule has 0 saturated carbocycles. The molecule has 0 radical (unpaired) electrons. The van der Waals surface area contributed by atoms with Crippen LogP contribution in [0.5, 0.6) is 0 Å². The first-order chi connectivity index (χ1) is 14.8. The number of aryl methyl sites for hydroxylation is 2. The predicted molar refractivity (Wildman–Crippen MR) is 115 cm³/mol. The van der Waals surface area contributed by atoms with E-state index < -0.39 is 11.5 Å². The maximum absolute atomic E-state index is 12.6. The lowest BCUT2D eigenvalue weighted by Gasteiger charge is -2.33. The van der Waals surface area contributed by atoms with Crippen LogP contribution in [-0.4, -0.2) is 35.4 Å². The van der Waals surface area contributed by atoms with Gasteiger partial charge in [-0.15, -0.1) is 0 Å². The van der Waals surface area contributed by atoms with E-state index in [1.165, 1.54) is 5.56 Å². The van der Waals surface area contributed by atoms with E-state index in [-0.39, 0.29) is 30.5 Å². The summed E-state index contributed by atoms with van der Waals surface area (Å²) in [6.07, 6.45) is 3.30. The monoisotopic (exact) mass is 421 g/mol. The standard InChI is InChI=1S/C24H27N3O4/c1-15-18(16(2)26-24(30)20(15)13-25)11-12-23(29)31-14-22(28)27(3)21-10-6-8-17-7-4-5-9-19(17)21/h4-5,7,9,21H,6,8,10-12,14H2,1-3H3,(H,26,30)/t21-/m1/s1. The lowest BCUT2D eigenvalue weighted by molar-refractivity contribution is -0.152. The van der Waals surface area contributed by atoms with Gasteiger partial charge >= 0.3 is 5.97 Å². The molecule has 31 heavy (non-hydrogen) atoms. The molecule has 1 amide bonds. The molecule has 1 atom stereocenters. The minimum atomic E-state index is -0.491. The highest BCUT2D eigenvalue weighted by Gasteiger charge is 2.27. The summed E-state index contributed by atoms with van der Waals surface area (Å²) in [4.78, 5) is 41.0. The quantitative estimate of drug-likeness (QED) is 0.723. The van der Waals surface area contributed by atoms with Crippen LogP contribution in [0.2, 0.25) is 0 Å². The van der Waals surface area contributed by atoms with Gasteiger partial charge in [-0.2, -0.15) is 5.26 Å². The summed E-state index contributed by atoms with van der Waals surface area (Å²) in [6.45, 7) is 3.12. The van der Waals surface area contributed by atoms with E-state index in [4.69, 9.17) is 10.00 Å². The van der Waals surface area contributed by atoms with E-state index in [9.17, 15) is 14.4 Å². The van der Waals surface area contributed by atoms with Crippen molar-refractivity contribution in [2.45, 2.75) is 52.0 Å². The van der Waals surface area contributed by atoms with Crippen LogP contribution < -0.4 is 5.56 Å². The summed E-state index contributed by atoms with van der Waals surface area (Å²) >= 11 is 0. The molecule has 1 aliphatic rings. The number of nitrogens with zero attached hydrogens (tertiary/aromatic N) is 2. The fourth-order valence-corrected chi connectivity index (χ4v) is 4.27. The minimum Gasteiger partial charge on any atom is -0.456 e. The molecule has 7 nitrogen and oxygen atoms in total. The third-order valence-corrected chi connectivity index (χ3v) is 6.05. The molecule has 0 bridgehead atoms. The molecular weight excluding hydrogens is 394 g/mol. The molecule has 1 heterocycles. The Morgan fingerprint density at radius 1 is 1.29 bits per heavy atom. The number of likely N-dealkylation sites (N-methyl/N-ethyl adjacent to an activating group) is 1. The van der Waals surface area contributed by atoms with Gasteiger partial charge in [0.2, 0.25) is 0 Å². The van der Waals surface area contributed by atoms with Crippen molar-refractivity contribution in [3.8, 4) is 6.07 Å². The average Bonchev–Trinajstić information content (AvgIpc) is 2.76. The first kappa shape index (κ1) is 22.3. The molecule has 3 rings (SSSR count). The number of H-pyrrole nitrogens is 1. The number of nitriles is 1. The molecule has 2 aromatic rings. The molecule has 1 aliphatic carbocycles. The second-order valence-electron chi connectivity index (χ2n) is 7.94. The van der Waals surface area contributed by atoms with E-state index in [1.807, 2.05) is 18.2 Å². The van der Waals surface area contributed by atoms with Crippen LogP contribution in [0.4, 0.5) is 0 Å². The van der Waals surface area contributed by atoms with Crippen molar-refractivity contribution < 1.29 is 14.3 Å². The van der Waals surface area contributed by atoms with E-state index in [0.29, 0.717) is 17.7 Å². The van der Waals surface area contributed by atoms with Gasteiger partial charge in [-0.25, -0.2) is 0 Å². The Labute approximate surface area is 181 Å².